The van der Waals surface area contributed by atoms with E-state index in [1.54, 1.807) is 0 Å². The average Bonchev–Trinajstić information content (AvgIpc) is 2.28. The summed E-state index contributed by atoms with van der Waals surface area (Å²) in [7, 11) is 0. The van der Waals surface area contributed by atoms with Crippen LogP contribution in [0.4, 0.5) is 4.79 Å². The van der Waals surface area contributed by atoms with E-state index in [0.717, 1.165) is 12.8 Å². The minimum atomic E-state index is -0.900. The fourth-order valence-corrected chi connectivity index (χ4v) is 1.46. The summed E-state index contributed by atoms with van der Waals surface area (Å²) in [5.74, 6) is 1.64. The number of carbonyl (C=O) groups is 2. The maximum atomic E-state index is 11.8. The summed E-state index contributed by atoms with van der Waals surface area (Å²) in [6, 6.07) is -0.234. The van der Waals surface area contributed by atoms with Gasteiger partial charge in [-0.25, -0.2) is 4.79 Å². The van der Waals surface area contributed by atoms with E-state index in [2.05, 4.69) is 11.2 Å². The fourth-order valence-electron chi connectivity index (χ4n) is 1.46. The standard InChI is InChI=1S/C13H22N2O3/c1-4-5-6-7-9-14-13(18)15(11(2)3)10-8-12(16)17/h1,11H,5-10H2,2-3H3,(H,14,18)(H,16,17). The molecule has 0 unspecified atom stereocenters. The van der Waals surface area contributed by atoms with Crippen LogP contribution in [0, 0.1) is 12.3 Å². The zero-order valence-electron chi connectivity index (χ0n) is 11.1. The molecule has 0 spiro atoms. The molecule has 0 bridgehead atoms. The van der Waals surface area contributed by atoms with Crippen molar-refractivity contribution in [1.82, 2.24) is 10.2 Å². The first kappa shape index (κ1) is 16.3. The molecule has 102 valence electrons. The number of carbonyl (C=O) groups excluding carboxylic acids is 1. The van der Waals surface area contributed by atoms with Crippen molar-refractivity contribution in [3.8, 4) is 12.3 Å². The number of urea groups is 1. The predicted molar refractivity (Wildman–Crippen MR) is 70.2 cm³/mol. The lowest BCUT2D eigenvalue weighted by atomic mass is 10.2. The van der Waals surface area contributed by atoms with Gasteiger partial charge < -0.3 is 15.3 Å². The number of nitrogens with one attached hydrogen (secondary N) is 1. The number of rotatable bonds is 8. The Balaban J connectivity index is 3.99. The maximum absolute atomic E-state index is 11.8. The van der Waals surface area contributed by atoms with E-state index in [0.29, 0.717) is 13.0 Å². The lowest BCUT2D eigenvalue weighted by Gasteiger charge is -2.26. The summed E-state index contributed by atoms with van der Waals surface area (Å²) in [6.45, 7) is 4.51. The van der Waals surface area contributed by atoms with E-state index >= 15 is 0 Å². The Kier molecular flexibility index (Phi) is 8.46. The van der Waals surface area contributed by atoms with Crippen molar-refractivity contribution in [3.05, 3.63) is 0 Å². The normalized spacial score (nSPS) is 9.89. The molecule has 2 amide bonds. The van der Waals surface area contributed by atoms with E-state index in [1.165, 1.54) is 4.90 Å². The van der Waals surface area contributed by atoms with Crippen molar-refractivity contribution in [2.24, 2.45) is 0 Å². The van der Waals surface area contributed by atoms with Crippen molar-refractivity contribution in [3.63, 3.8) is 0 Å². The average molecular weight is 254 g/mol. The molecular weight excluding hydrogens is 232 g/mol. The molecule has 0 aliphatic rings. The smallest absolute Gasteiger partial charge is 0.317 e. The predicted octanol–water partition coefficient (Wildman–Crippen LogP) is 1.68. The van der Waals surface area contributed by atoms with E-state index in [4.69, 9.17) is 11.5 Å². The Hall–Kier alpha value is -1.70. The molecule has 0 fully saturated rings. The van der Waals surface area contributed by atoms with Gasteiger partial charge in [-0.15, -0.1) is 12.3 Å². The zero-order valence-corrected chi connectivity index (χ0v) is 11.1. The van der Waals surface area contributed by atoms with Crippen LogP contribution in [-0.2, 0) is 4.79 Å². The van der Waals surface area contributed by atoms with Crippen LogP contribution in [0.3, 0.4) is 0 Å². The largest absolute Gasteiger partial charge is 0.481 e. The molecule has 0 heterocycles. The number of hydrogen-bond acceptors (Lipinski definition) is 2. The van der Waals surface area contributed by atoms with Crippen LogP contribution in [0.1, 0.15) is 39.5 Å². The van der Waals surface area contributed by atoms with Crippen LogP contribution in [-0.4, -0.2) is 41.1 Å². The Labute approximate surface area is 109 Å². The first-order valence-electron chi connectivity index (χ1n) is 6.18. The second kappa shape index (κ2) is 9.34. The molecular formula is C13H22N2O3. The highest BCUT2D eigenvalue weighted by Crippen LogP contribution is 2.01. The molecule has 0 saturated carbocycles. The topological polar surface area (TPSA) is 69.6 Å². The molecule has 5 heteroatoms. The summed E-state index contributed by atoms with van der Waals surface area (Å²) >= 11 is 0. The number of unbranched alkanes of at least 4 members (excludes halogenated alkanes) is 2. The highest BCUT2D eigenvalue weighted by Gasteiger charge is 2.17. The molecule has 0 aromatic rings. The van der Waals surface area contributed by atoms with Crippen LogP contribution in [0.5, 0.6) is 0 Å². The molecule has 0 aliphatic carbocycles. The molecule has 0 atom stereocenters. The summed E-state index contributed by atoms with van der Waals surface area (Å²) < 4.78 is 0. The number of nitrogens with zero attached hydrogens (tertiary/aromatic N) is 1. The maximum Gasteiger partial charge on any atom is 0.317 e. The Bertz CT molecular complexity index is 308. The number of hydrogen-bond donors (Lipinski definition) is 2. The number of carboxylic acids is 1. The fraction of sp³-hybridized carbons (Fsp3) is 0.692. The Morgan fingerprint density at radius 2 is 2.06 bits per heavy atom. The van der Waals surface area contributed by atoms with E-state index in [-0.39, 0.29) is 25.0 Å². The van der Waals surface area contributed by atoms with Gasteiger partial charge in [0, 0.05) is 25.6 Å². The van der Waals surface area contributed by atoms with Crippen molar-refractivity contribution >= 4 is 12.0 Å². The lowest BCUT2D eigenvalue weighted by molar-refractivity contribution is -0.137. The lowest BCUT2D eigenvalue weighted by Crippen LogP contribution is -2.45. The van der Waals surface area contributed by atoms with E-state index in [1.807, 2.05) is 13.8 Å². The molecule has 0 saturated heterocycles. The third-order valence-electron chi connectivity index (χ3n) is 2.47. The molecule has 0 radical (unpaired) electrons. The van der Waals surface area contributed by atoms with Gasteiger partial charge in [-0.1, -0.05) is 0 Å². The second-order valence-electron chi connectivity index (χ2n) is 4.32. The molecule has 0 aromatic heterocycles. The molecule has 0 rings (SSSR count). The Morgan fingerprint density at radius 1 is 1.39 bits per heavy atom. The number of terminal acetylenes is 1. The highest BCUT2D eigenvalue weighted by molar-refractivity contribution is 5.75. The summed E-state index contributed by atoms with van der Waals surface area (Å²) in [6.07, 6.45) is 7.51. The Morgan fingerprint density at radius 3 is 2.56 bits per heavy atom. The van der Waals surface area contributed by atoms with Crippen molar-refractivity contribution in [2.75, 3.05) is 13.1 Å². The van der Waals surface area contributed by atoms with Gasteiger partial charge in [-0.3, -0.25) is 4.79 Å². The molecule has 0 aromatic carbocycles. The summed E-state index contributed by atoms with van der Waals surface area (Å²) in [4.78, 5) is 23.8. The van der Waals surface area contributed by atoms with Crippen molar-refractivity contribution in [2.45, 2.75) is 45.6 Å². The first-order chi connectivity index (χ1) is 8.49. The highest BCUT2D eigenvalue weighted by atomic mass is 16.4. The number of carboxylic acid groups (broad SMARTS) is 1. The van der Waals surface area contributed by atoms with Gasteiger partial charge in [0.15, 0.2) is 0 Å². The summed E-state index contributed by atoms with van der Waals surface area (Å²) in [5, 5.41) is 11.4. The molecule has 18 heavy (non-hydrogen) atoms. The zero-order chi connectivity index (χ0) is 14.0. The quantitative estimate of drug-likeness (QED) is 0.511. The minimum absolute atomic E-state index is 0.0185. The van der Waals surface area contributed by atoms with Crippen LogP contribution in [0.2, 0.25) is 0 Å². The SMILES string of the molecule is C#CCCCCNC(=O)N(CCC(=O)O)C(C)C. The monoisotopic (exact) mass is 254 g/mol. The number of aliphatic carboxylic acids is 1. The van der Waals surface area contributed by atoms with E-state index < -0.39 is 5.97 Å². The van der Waals surface area contributed by atoms with E-state index in [9.17, 15) is 9.59 Å². The van der Waals surface area contributed by atoms with Crippen LogP contribution in [0.25, 0.3) is 0 Å². The van der Waals surface area contributed by atoms with Gasteiger partial charge in [0.05, 0.1) is 6.42 Å². The molecule has 5 nitrogen and oxygen atoms in total. The van der Waals surface area contributed by atoms with Gasteiger partial charge in [-0.2, -0.15) is 0 Å². The number of amides is 2. The van der Waals surface area contributed by atoms with Crippen LogP contribution in [0.15, 0.2) is 0 Å². The van der Waals surface area contributed by atoms with Gasteiger partial charge in [0.2, 0.25) is 0 Å². The van der Waals surface area contributed by atoms with Gasteiger partial charge in [0.25, 0.3) is 0 Å². The van der Waals surface area contributed by atoms with Crippen molar-refractivity contribution in [1.29, 1.82) is 0 Å². The van der Waals surface area contributed by atoms with Gasteiger partial charge in [0.1, 0.15) is 0 Å². The molecule has 0 aliphatic heterocycles. The van der Waals surface area contributed by atoms with Crippen LogP contribution < -0.4 is 5.32 Å². The first-order valence-corrected chi connectivity index (χ1v) is 6.18. The van der Waals surface area contributed by atoms with Gasteiger partial charge in [-0.05, 0) is 26.7 Å². The minimum Gasteiger partial charge on any atom is -0.481 e. The summed E-state index contributed by atoms with van der Waals surface area (Å²) in [5.41, 5.74) is 0. The third-order valence-corrected chi connectivity index (χ3v) is 2.47. The second-order valence-corrected chi connectivity index (χ2v) is 4.32. The molecule has 2 N–H and O–H groups in total. The third kappa shape index (κ3) is 7.55. The van der Waals surface area contributed by atoms with Crippen molar-refractivity contribution < 1.29 is 14.7 Å². The van der Waals surface area contributed by atoms with Gasteiger partial charge >= 0.3 is 12.0 Å². The van der Waals surface area contributed by atoms with Crippen LogP contribution >= 0.6 is 0 Å².